The van der Waals surface area contributed by atoms with Gasteiger partial charge < -0.3 is 0 Å². The van der Waals surface area contributed by atoms with E-state index < -0.39 is 0 Å². The van der Waals surface area contributed by atoms with Crippen LogP contribution in [-0.2, 0) is 0 Å². The van der Waals surface area contributed by atoms with Gasteiger partial charge >= 0.3 is 0 Å². The molecule has 1 nitrogen and oxygen atoms in total. The molecule has 0 amide bonds. The molecule has 0 aliphatic carbocycles. The Morgan fingerprint density at radius 1 is 1.20 bits per heavy atom. The molecule has 0 spiro atoms. The van der Waals surface area contributed by atoms with E-state index in [-0.39, 0.29) is 0 Å². The summed E-state index contributed by atoms with van der Waals surface area (Å²) < 4.78 is 1.97. The second-order valence-corrected chi connectivity index (χ2v) is 6.60. The molecule has 76 valence electrons. The van der Waals surface area contributed by atoms with Gasteiger partial charge in [-0.25, -0.2) is 0 Å². The molecule has 1 heterocycles. The number of aromatic nitrogens is 1. The predicted octanol–water partition coefficient (Wildman–Crippen LogP) is 5.09. The van der Waals surface area contributed by atoms with Crippen molar-refractivity contribution in [3.05, 3.63) is 43.9 Å². The monoisotopic (exact) mass is 389 g/mol. The highest BCUT2D eigenvalue weighted by molar-refractivity contribution is 9.28. The van der Waals surface area contributed by atoms with E-state index in [9.17, 15) is 0 Å². The van der Waals surface area contributed by atoms with E-state index in [4.69, 9.17) is 0 Å². The van der Waals surface area contributed by atoms with E-state index in [0.29, 0.717) is 0 Å². The van der Waals surface area contributed by atoms with E-state index in [1.807, 2.05) is 30.3 Å². The third-order valence-electron chi connectivity index (χ3n) is 2.01. The molecule has 1 aromatic heterocycles. The summed E-state index contributed by atoms with van der Waals surface area (Å²) in [4.78, 5) is 4.38. The van der Waals surface area contributed by atoms with E-state index >= 15 is 0 Å². The number of fused-ring (bicyclic) bond motifs is 1. The fourth-order valence-corrected chi connectivity index (χ4v) is 2.34. The third-order valence-corrected chi connectivity index (χ3v) is 3.16. The fourth-order valence-electron chi connectivity index (χ4n) is 1.39. The molecule has 0 N–H and O–H groups in total. The standard InChI is InChI=1S/C11H6Br3N/c12-9-4-3-7(6-10(13)14)11-8(9)2-1-5-15-11/h1-6H. The summed E-state index contributed by atoms with van der Waals surface area (Å²) in [6.07, 6.45) is 3.79. The molecule has 0 radical (unpaired) electrons. The maximum atomic E-state index is 4.38. The first-order valence-corrected chi connectivity index (χ1v) is 6.62. The molecule has 0 fully saturated rings. The number of nitrogens with zero attached hydrogens (tertiary/aromatic N) is 1. The van der Waals surface area contributed by atoms with Gasteiger partial charge in [0.05, 0.1) is 8.91 Å². The minimum absolute atomic E-state index is 0.907. The molecule has 15 heavy (non-hydrogen) atoms. The molecule has 4 heteroatoms. The fraction of sp³-hybridized carbons (Fsp3) is 0. The first-order chi connectivity index (χ1) is 7.18. The molecule has 2 aromatic rings. The van der Waals surface area contributed by atoms with Crippen LogP contribution in [0.2, 0.25) is 0 Å². The van der Waals surface area contributed by atoms with Gasteiger partial charge in [-0.15, -0.1) is 0 Å². The number of hydrogen-bond donors (Lipinski definition) is 0. The van der Waals surface area contributed by atoms with Gasteiger partial charge in [-0.1, -0.05) is 28.1 Å². The van der Waals surface area contributed by atoms with Crippen LogP contribution < -0.4 is 0 Å². The smallest absolute Gasteiger partial charge is 0.0786 e. The van der Waals surface area contributed by atoms with Crippen LogP contribution in [0.15, 0.2) is 38.3 Å². The van der Waals surface area contributed by atoms with Crippen molar-refractivity contribution in [1.29, 1.82) is 0 Å². The highest BCUT2D eigenvalue weighted by Gasteiger charge is 2.03. The lowest BCUT2D eigenvalue weighted by atomic mass is 10.1. The summed E-state index contributed by atoms with van der Waals surface area (Å²) in [5.41, 5.74) is 2.07. The largest absolute Gasteiger partial charge is 0.256 e. The zero-order chi connectivity index (χ0) is 10.8. The Kier molecular flexibility index (Phi) is 3.59. The molecular weight excluding hydrogens is 386 g/mol. The Hall–Kier alpha value is -0.190. The summed E-state index contributed by atoms with van der Waals surface area (Å²) in [6.45, 7) is 0. The number of benzene rings is 1. The van der Waals surface area contributed by atoms with Gasteiger partial charge in [0.1, 0.15) is 0 Å². The molecule has 0 saturated carbocycles. The second-order valence-electron chi connectivity index (χ2n) is 2.97. The van der Waals surface area contributed by atoms with Crippen molar-refractivity contribution in [1.82, 2.24) is 4.98 Å². The Morgan fingerprint density at radius 3 is 2.73 bits per heavy atom. The molecule has 0 unspecified atom stereocenters. The zero-order valence-electron chi connectivity index (χ0n) is 7.55. The van der Waals surface area contributed by atoms with E-state index in [1.165, 1.54) is 0 Å². The summed E-state index contributed by atoms with van der Waals surface area (Å²) in [7, 11) is 0. The number of pyridine rings is 1. The molecule has 0 aliphatic rings. The van der Waals surface area contributed by atoms with Gasteiger partial charge in [0, 0.05) is 21.6 Å². The lowest BCUT2D eigenvalue weighted by Crippen LogP contribution is -1.83. The second kappa shape index (κ2) is 4.76. The highest BCUT2D eigenvalue weighted by atomic mass is 79.9. The molecule has 2 rings (SSSR count). The SMILES string of the molecule is BrC(Br)=Cc1ccc(Br)c2cccnc12. The number of hydrogen-bond acceptors (Lipinski definition) is 1. The summed E-state index contributed by atoms with van der Waals surface area (Å²) in [6, 6.07) is 8.04. The minimum atomic E-state index is 0.907. The maximum Gasteiger partial charge on any atom is 0.0786 e. The van der Waals surface area contributed by atoms with Crippen molar-refractivity contribution < 1.29 is 0 Å². The summed E-state index contributed by atoms with van der Waals surface area (Å²) in [5, 5.41) is 1.12. The van der Waals surface area contributed by atoms with Crippen LogP contribution in [0.5, 0.6) is 0 Å². The zero-order valence-corrected chi connectivity index (χ0v) is 12.3. The summed E-state index contributed by atoms with van der Waals surface area (Å²) in [5.74, 6) is 0. The molecule has 0 saturated heterocycles. The average molecular weight is 392 g/mol. The quantitative estimate of drug-likeness (QED) is 0.660. The van der Waals surface area contributed by atoms with Crippen molar-refractivity contribution >= 4 is 64.8 Å². The van der Waals surface area contributed by atoms with Crippen molar-refractivity contribution in [2.45, 2.75) is 0 Å². The van der Waals surface area contributed by atoms with Crippen LogP contribution in [0, 0.1) is 0 Å². The van der Waals surface area contributed by atoms with Crippen LogP contribution in [0.4, 0.5) is 0 Å². The minimum Gasteiger partial charge on any atom is -0.256 e. The Labute approximate surface area is 113 Å². The van der Waals surface area contributed by atoms with Gasteiger partial charge in [0.15, 0.2) is 0 Å². The van der Waals surface area contributed by atoms with Gasteiger partial charge in [0.25, 0.3) is 0 Å². The maximum absolute atomic E-state index is 4.38. The molecular formula is C11H6Br3N. The average Bonchev–Trinajstić information content (AvgIpc) is 2.22. The van der Waals surface area contributed by atoms with E-state index in [0.717, 1.165) is 24.3 Å². The summed E-state index contributed by atoms with van der Waals surface area (Å²) >= 11 is 10.2. The Bertz CT molecular complexity index is 530. The van der Waals surface area contributed by atoms with Gasteiger partial charge in [0.2, 0.25) is 0 Å². The molecule has 0 bridgehead atoms. The third kappa shape index (κ3) is 2.49. The van der Waals surface area contributed by atoms with Gasteiger partial charge in [-0.2, -0.15) is 0 Å². The molecule has 1 aromatic carbocycles. The van der Waals surface area contributed by atoms with Crippen molar-refractivity contribution in [2.75, 3.05) is 0 Å². The van der Waals surface area contributed by atoms with Crippen LogP contribution in [0.25, 0.3) is 17.0 Å². The van der Waals surface area contributed by atoms with Gasteiger partial charge in [-0.3, -0.25) is 4.98 Å². The van der Waals surface area contributed by atoms with Crippen molar-refractivity contribution in [3.63, 3.8) is 0 Å². The molecule has 0 aliphatic heterocycles. The Balaban J connectivity index is 2.77. The Morgan fingerprint density at radius 2 is 2.00 bits per heavy atom. The van der Waals surface area contributed by atoms with Crippen molar-refractivity contribution in [3.8, 4) is 0 Å². The number of rotatable bonds is 1. The normalized spacial score (nSPS) is 10.3. The topological polar surface area (TPSA) is 12.9 Å². The number of halogens is 3. The first kappa shape index (κ1) is 11.3. The lowest BCUT2D eigenvalue weighted by Gasteiger charge is -2.03. The molecule has 0 atom stereocenters. The van der Waals surface area contributed by atoms with Crippen LogP contribution in [0.3, 0.4) is 0 Å². The first-order valence-electron chi connectivity index (χ1n) is 4.24. The van der Waals surface area contributed by atoms with E-state index in [1.54, 1.807) is 6.20 Å². The van der Waals surface area contributed by atoms with Gasteiger partial charge in [-0.05, 0) is 50.1 Å². The van der Waals surface area contributed by atoms with Crippen LogP contribution in [-0.4, -0.2) is 4.98 Å². The van der Waals surface area contributed by atoms with E-state index in [2.05, 4.69) is 52.8 Å². The lowest BCUT2D eigenvalue weighted by molar-refractivity contribution is 1.40. The van der Waals surface area contributed by atoms with Crippen molar-refractivity contribution in [2.24, 2.45) is 0 Å². The predicted molar refractivity (Wildman–Crippen MR) is 75.3 cm³/mol. The highest BCUT2D eigenvalue weighted by Crippen LogP contribution is 2.28. The van der Waals surface area contributed by atoms with Crippen LogP contribution in [0.1, 0.15) is 5.56 Å². The van der Waals surface area contributed by atoms with Crippen LogP contribution >= 0.6 is 47.8 Å².